The molecule has 2 heteroatoms. The molecule has 72 valence electrons. The van der Waals surface area contributed by atoms with Crippen LogP contribution in [-0.2, 0) is 0 Å². The van der Waals surface area contributed by atoms with Crippen molar-refractivity contribution in [3.8, 4) is 0 Å². The lowest BCUT2D eigenvalue weighted by Gasteiger charge is -2.02. The van der Waals surface area contributed by atoms with Gasteiger partial charge in [0, 0.05) is 0 Å². The van der Waals surface area contributed by atoms with Crippen LogP contribution in [0, 0.1) is 11.8 Å². The van der Waals surface area contributed by atoms with Crippen LogP contribution in [0.2, 0.25) is 0 Å². The molecular formula is C10H22N2. The highest BCUT2D eigenvalue weighted by Gasteiger charge is 2.31. The molecule has 0 aliphatic heterocycles. The van der Waals surface area contributed by atoms with Gasteiger partial charge in [0.05, 0.1) is 0 Å². The Hall–Kier alpha value is -0.0800. The Kier molecular flexibility index (Phi) is 4.62. The molecule has 2 nitrogen and oxygen atoms in total. The number of hydrogen-bond acceptors (Lipinski definition) is 2. The molecule has 0 bridgehead atoms. The van der Waals surface area contributed by atoms with Gasteiger partial charge in [0.25, 0.3) is 0 Å². The first-order valence-electron chi connectivity index (χ1n) is 5.20. The zero-order valence-corrected chi connectivity index (χ0v) is 8.40. The minimum absolute atomic E-state index is 0.995. The average Bonchev–Trinajstić information content (AvgIpc) is 2.74. The van der Waals surface area contributed by atoms with E-state index in [0.717, 1.165) is 18.4 Å². The van der Waals surface area contributed by atoms with E-state index in [1.807, 2.05) is 7.05 Å². The Bertz CT molecular complexity index is 114. The molecule has 0 aromatic heterocycles. The topological polar surface area (TPSA) is 24.1 Å². The summed E-state index contributed by atoms with van der Waals surface area (Å²) in [6, 6.07) is 0. The van der Waals surface area contributed by atoms with Gasteiger partial charge < -0.3 is 10.6 Å². The van der Waals surface area contributed by atoms with Gasteiger partial charge in [-0.1, -0.05) is 6.92 Å². The Labute approximate surface area is 76.1 Å². The summed E-state index contributed by atoms with van der Waals surface area (Å²) in [5, 5.41) is 6.67. The van der Waals surface area contributed by atoms with Crippen molar-refractivity contribution >= 4 is 0 Å². The first-order chi connectivity index (χ1) is 5.84. The van der Waals surface area contributed by atoms with Gasteiger partial charge >= 0.3 is 0 Å². The molecule has 0 heterocycles. The fourth-order valence-corrected chi connectivity index (χ4v) is 1.52. The molecule has 12 heavy (non-hydrogen) atoms. The van der Waals surface area contributed by atoms with Crippen molar-refractivity contribution in [1.29, 1.82) is 0 Å². The van der Waals surface area contributed by atoms with Crippen LogP contribution in [0.1, 0.15) is 26.2 Å². The van der Waals surface area contributed by atoms with Crippen LogP contribution >= 0.6 is 0 Å². The van der Waals surface area contributed by atoms with Gasteiger partial charge in [-0.25, -0.2) is 0 Å². The summed E-state index contributed by atoms with van der Waals surface area (Å²) in [5.41, 5.74) is 0. The molecule has 0 aromatic rings. The van der Waals surface area contributed by atoms with Crippen molar-refractivity contribution in [2.75, 3.05) is 26.7 Å². The lowest BCUT2D eigenvalue weighted by Crippen LogP contribution is -2.19. The highest BCUT2D eigenvalue weighted by atomic mass is 14.9. The molecule has 0 aromatic carbocycles. The molecule has 2 N–H and O–H groups in total. The molecule has 0 saturated heterocycles. The van der Waals surface area contributed by atoms with E-state index < -0.39 is 0 Å². The predicted molar refractivity (Wildman–Crippen MR) is 53.3 cm³/mol. The smallest absolute Gasteiger partial charge is 0.00179 e. The molecule has 1 fully saturated rings. The second-order valence-electron chi connectivity index (χ2n) is 3.99. The van der Waals surface area contributed by atoms with Crippen LogP contribution < -0.4 is 10.6 Å². The molecule has 1 aliphatic carbocycles. The van der Waals surface area contributed by atoms with Crippen molar-refractivity contribution in [3.05, 3.63) is 0 Å². The SMILES string of the molecule is CNCCCCNC[C@H]1C[C@H]1C. The van der Waals surface area contributed by atoms with Crippen LogP contribution in [0.5, 0.6) is 0 Å². The maximum Gasteiger partial charge on any atom is -0.00179 e. The molecule has 0 radical (unpaired) electrons. The van der Waals surface area contributed by atoms with E-state index in [0.29, 0.717) is 0 Å². The van der Waals surface area contributed by atoms with E-state index in [1.54, 1.807) is 0 Å². The number of hydrogen-bond donors (Lipinski definition) is 2. The number of rotatable bonds is 7. The zero-order valence-electron chi connectivity index (χ0n) is 8.40. The Morgan fingerprint density at radius 3 is 2.50 bits per heavy atom. The number of nitrogens with one attached hydrogen (secondary N) is 2. The van der Waals surface area contributed by atoms with E-state index in [9.17, 15) is 0 Å². The van der Waals surface area contributed by atoms with Crippen LogP contribution in [0.3, 0.4) is 0 Å². The molecule has 0 amide bonds. The summed E-state index contributed by atoms with van der Waals surface area (Å²) in [5.74, 6) is 1.99. The van der Waals surface area contributed by atoms with Gasteiger partial charge in [0.1, 0.15) is 0 Å². The fraction of sp³-hybridized carbons (Fsp3) is 1.00. The summed E-state index contributed by atoms with van der Waals surface area (Å²) < 4.78 is 0. The summed E-state index contributed by atoms with van der Waals surface area (Å²) in [6.07, 6.45) is 4.05. The Balaban J connectivity index is 1.72. The van der Waals surface area contributed by atoms with Gasteiger partial charge in [-0.3, -0.25) is 0 Å². The van der Waals surface area contributed by atoms with Crippen LogP contribution in [-0.4, -0.2) is 26.7 Å². The molecule has 1 rings (SSSR count). The van der Waals surface area contributed by atoms with E-state index in [2.05, 4.69) is 17.6 Å². The fourth-order valence-electron chi connectivity index (χ4n) is 1.52. The maximum absolute atomic E-state index is 3.51. The second kappa shape index (κ2) is 5.55. The summed E-state index contributed by atoms with van der Waals surface area (Å²) in [6.45, 7) is 5.94. The van der Waals surface area contributed by atoms with Gasteiger partial charge in [0.15, 0.2) is 0 Å². The van der Waals surface area contributed by atoms with Crippen molar-refractivity contribution < 1.29 is 0 Å². The van der Waals surface area contributed by atoms with Crippen LogP contribution in [0.4, 0.5) is 0 Å². The number of unbranched alkanes of at least 4 members (excludes halogenated alkanes) is 1. The quantitative estimate of drug-likeness (QED) is 0.562. The van der Waals surface area contributed by atoms with Crippen LogP contribution in [0.25, 0.3) is 0 Å². The van der Waals surface area contributed by atoms with Crippen molar-refractivity contribution in [2.24, 2.45) is 11.8 Å². The summed E-state index contributed by atoms with van der Waals surface area (Å²) in [4.78, 5) is 0. The van der Waals surface area contributed by atoms with Gasteiger partial charge in [-0.05, 0) is 57.8 Å². The monoisotopic (exact) mass is 170 g/mol. The molecule has 1 saturated carbocycles. The molecule has 2 atom stereocenters. The maximum atomic E-state index is 3.51. The van der Waals surface area contributed by atoms with Gasteiger partial charge in [0.2, 0.25) is 0 Å². The normalized spacial score (nSPS) is 27.5. The summed E-state index contributed by atoms with van der Waals surface area (Å²) in [7, 11) is 2.01. The average molecular weight is 170 g/mol. The Morgan fingerprint density at radius 2 is 1.92 bits per heavy atom. The minimum atomic E-state index is 0.995. The van der Waals surface area contributed by atoms with Crippen molar-refractivity contribution in [1.82, 2.24) is 10.6 Å². The van der Waals surface area contributed by atoms with E-state index in [4.69, 9.17) is 0 Å². The van der Waals surface area contributed by atoms with Gasteiger partial charge in [-0.15, -0.1) is 0 Å². The third-order valence-corrected chi connectivity index (χ3v) is 2.71. The molecule has 1 aliphatic rings. The van der Waals surface area contributed by atoms with E-state index in [1.165, 1.54) is 32.4 Å². The lowest BCUT2D eigenvalue weighted by molar-refractivity contribution is 0.571. The van der Waals surface area contributed by atoms with Crippen molar-refractivity contribution in [2.45, 2.75) is 26.2 Å². The zero-order chi connectivity index (χ0) is 8.81. The minimum Gasteiger partial charge on any atom is -0.320 e. The predicted octanol–water partition coefficient (Wildman–Crippen LogP) is 1.23. The highest BCUT2D eigenvalue weighted by Crippen LogP contribution is 2.36. The van der Waals surface area contributed by atoms with Gasteiger partial charge in [-0.2, -0.15) is 0 Å². The highest BCUT2D eigenvalue weighted by molar-refractivity contribution is 4.83. The van der Waals surface area contributed by atoms with E-state index >= 15 is 0 Å². The second-order valence-corrected chi connectivity index (χ2v) is 3.99. The van der Waals surface area contributed by atoms with Crippen molar-refractivity contribution in [3.63, 3.8) is 0 Å². The largest absolute Gasteiger partial charge is 0.320 e. The first kappa shape index (κ1) is 10.0. The lowest BCUT2D eigenvalue weighted by atomic mass is 10.3. The third kappa shape index (κ3) is 4.07. The van der Waals surface area contributed by atoms with Crippen LogP contribution in [0.15, 0.2) is 0 Å². The molecular weight excluding hydrogens is 148 g/mol. The van der Waals surface area contributed by atoms with E-state index in [-0.39, 0.29) is 0 Å². The standard InChI is InChI=1S/C10H22N2/c1-9-7-10(9)8-12-6-4-3-5-11-2/h9-12H,3-8H2,1-2H3/t9-,10-/m1/s1. The first-order valence-corrected chi connectivity index (χ1v) is 5.20. The molecule has 0 spiro atoms. The Morgan fingerprint density at radius 1 is 1.25 bits per heavy atom. The third-order valence-electron chi connectivity index (χ3n) is 2.71. The molecule has 0 unspecified atom stereocenters. The summed E-state index contributed by atoms with van der Waals surface area (Å²) >= 11 is 0.